The van der Waals surface area contributed by atoms with Crippen LogP contribution >= 0.6 is 11.3 Å². The lowest BCUT2D eigenvalue weighted by Gasteiger charge is -2.47. The molecule has 1 aromatic heterocycles. The van der Waals surface area contributed by atoms with E-state index in [0.29, 0.717) is 18.2 Å². The lowest BCUT2D eigenvalue weighted by Crippen LogP contribution is -2.53. The Hall–Kier alpha value is -1.21. The summed E-state index contributed by atoms with van der Waals surface area (Å²) in [4.78, 5) is 16.9. The molecule has 4 rings (SSSR count). The van der Waals surface area contributed by atoms with Crippen molar-refractivity contribution >= 4 is 22.4 Å². The van der Waals surface area contributed by atoms with E-state index in [9.17, 15) is 4.79 Å². The van der Waals surface area contributed by atoms with Crippen molar-refractivity contribution in [3.63, 3.8) is 0 Å². The largest absolute Gasteiger partial charge is 0.376 e. The van der Waals surface area contributed by atoms with Crippen molar-refractivity contribution in [1.82, 2.24) is 15.1 Å². The number of ether oxygens (including phenoxy) is 1. The van der Waals surface area contributed by atoms with Gasteiger partial charge in [0.15, 0.2) is 0 Å². The normalized spacial score (nSPS) is 26.3. The van der Waals surface area contributed by atoms with E-state index in [-0.39, 0.29) is 11.5 Å². The first-order chi connectivity index (χ1) is 12.5. The number of likely N-dealkylation sites (tertiary alicyclic amines) is 1. The van der Waals surface area contributed by atoms with E-state index in [1.54, 1.807) is 11.3 Å². The first kappa shape index (κ1) is 18.2. The Morgan fingerprint density at radius 1 is 1.27 bits per heavy atom. The predicted molar refractivity (Wildman–Crippen MR) is 103 cm³/mol. The van der Waals surface area contributed by atoms with E-state index in [1.807, 2.05) is 0 Å². The van der Waals surface area contributed by atoms with E-state index in [2.05, 4.69) is 33.8 Å². The van der Waals surface area contributed by atoms with Crippen LogP contribution in [0.25, 0.3) is 0 Å². The Kier molecular flexibility index (Phi) is 5.19. The number of anilines is 1. The van der Waals surface area contributed by atoms with Gasteiger partial charge in [-0.3, -0.25) is 4.79 Å². The molecule has 3 aliphatic heterocycles. The second kappa shape index (κ2) is 7.43. The number of carbonyl (C=O) groups is 1. The lowest BCUT2D eigenvalue weighted by molar-refractivity contribution is -0.140. The van der Waals surface area contributed by atoms with Gasteiger partial charge < -0.3 is 14.5 Å². The van der Waals surface area contributed by atoms with Crippen LogP contribution in [0.2, 0.25) is 0 Å². The SMILES string of the molecule is CC(C)c1nnc(N2CCC3(CCC(=O)N(C[C@@H]4CCCO4)C3)CC2)s1. The van der Waals surface area contributed by atoms with Crippen molar-refractivity contribution < 1.29 is 9.53 Å². The molecule has 3 aliphatic rings. The number of hydrogen-bond donors (Lipinski definition) is 0. The van der Waals surface area contributed by atoms with E-state index in [4.69, 9.17) is 4.74 Å². The van der Waals surface area contributed by atoms with Gasteiger partial charge in [-0.25, -0.2) is 0 Å². The Bertz CT molecular complexity index is 633. The molecule has 6 nitrogen and oxygen atoms in total. The van der Waals surface area contributed by atoms with Crippen LogP contribution in [0.15, 0.2) is 0 Å². The number of piperidine rings is 2. The summed E-state index contributed by atoms with van der Waals surface area (Å²) in [5, 5.41) is 10.9. The summed E-state index contributed by atoms with van der Waals surface area (Å²) in [6.07, 6.45) is 6.49. The van der Waals surface area contributed by atoms with E-state index < -0.39 is 0 Å². The van der Waals surface area contributed by atoms with E-state index in [0.717, 1.165) is 75.0 Å². The molecule has 0 unspecified atom stereocenters. The monoisotopic (exact) mass is 378 g/mol. The molecule has 1 amide bonds. The Morgan fingerprint density at radius 2 is 2.08 bits per heavy atom. The minimum absolute atomic E-state index is 0.255. The quantitative estimate of drug-likeness (QED) is 0.806. The summed E-state index contributed by atoms with van der Waals surface area (Å²) >= 11 is 1.73. The zero-order valence-corrected chi connectivity index (χ0v) is 16.8. The van der Waals surface area contributed by atoms with Gasteiger partial charge in [-0.05, 0) is 37.5 Å². The van der Waals surface area contributed by atoms with Gasteiger partial charge in [0.1, 0.15) is 5.01 Å². The maximum atomic E-state index is 12.4. The van der Waals surface area contributed by atoms with Gasteiger partial charge in [0.2, 0.25) is 11.0 Å². The highest BCUT2D eigenvalue weighted by atomic mass is 32.1. The fourth-order valence-electron chi connectivity index (χ4n) is 4.47. The van der Waals surface area contributed by atoms with Crippen LogP contribution in [-0.4, -0.2) is 59.9 Å². The van der Waals surface area contributed by atoms with Gasteiger partial charge in [0.05, 0.1) is 6.10 Å². The summed E-state index contributed by atoms with van der Waals surface area (Å²) in [6.45, 7) is 8.93. The van der Waals surface area contributed by atoms with Crippen LogP contribution < -0.4 is 4.90 Å². The fraction of sp³-hybridized carbons (Fsp3) is 0.842. The minimum atomic E-state index is 0.255. The van der Waals surface area contributed by atoms with Gasteiger partial charge in [0.25, 0.3) is 0 Å². The summed E-state index contributed by atoms with van der Waals surface area (Å²) in [5.41, 5.74) is 0.286. The van der Waals surface area contributed by atoms with E-state index in [1.165, 1.54) is 0 Å². The molecule has 0 bridgehead atoms. The number of amides is 1. The molecule has 0 radical (unpaired) electrons. The molecule has 26 heavy (non-hydrogen) atoms. The average molecular weight is 379 g/mol. The fourth-order valence-corrected chi connectivity index (χ4v) is 5.37. The van der Waals surface area contributed by atoms with Crippen molar-refractivity contribution in [3.05, 3.63) is 5.01 Å². The zero-order valence-electron chi connectivity index (χ0n) is 15.9. The second-order valence-corrected chi connectivity index (χ2v) is 9.46. The van der Waals surface area contributed by atoms with Crippen molar-refractivity contribution in [2.45, 2.75) is 64.4 Å². The van der Waals surface area contributed by atoms with Gasteiger partial charge in [-0.1, -0.05) is 25.2 Å². The van der Waals surface area contributed by atoms with Crippen LogP contribution in [0, 0.1) is 5.41 Å². The number of carbonyl (C=O) groups excluding carboxylic acids is 1. The molecule has 1 aromatic rings. The molecule has 0 N–H and O–H groups in total. The molecule has 7 heteroatoms. The summed E-state index contributed by atoms with van der Waals surface area (Å²) in [5.74, 6) is 0.757. The summed E-state index contributed by atoms with van der Waals surface area (Å²) in [6, 6.07) is 0. The number of rotatable bonds is 4. The Morgan fingerprint density at radius 3 is 2.73 bits per heavy atom. The van der Waals surface area contributed by atoms with Crippen molar-refractivity contribution in [2.24, 2.45) is 5.41 Å². The van der Waals surface area contributed by atoms with Crippen LogP contribution in [0.5, 0.6) is 0 Å². The molecule has 1 atom stereocenters. The maximum absolute atomic E-state index is 12.4. The standard InChI is InChI=1S/C19H30N4O2S/c1-14(2)17-20-21-18(26-17)22-9-7-19(8-10-22)6-5-16(24)23(13-19)12-15-4-3-11-25-15/h14-15H,3-13H2,1-2H3/t15-/m0/s1. The van der Waals surface area contributed by atoms with Gasteiger partial charge in [-0.15, -0.1) is 10.2 Å². The van der Waals surface area contributed by atoms with Crippen LogP contribution in [0.4, 0.5) is 5.13 Å². The first-order valence-electron chi connectivity index (χ1n) is 10.0. The van der Waals surface area contributed by atoms with Crippen molar-refractivity contribution in [1.29, 1.82) is 0 Å². The molecular weight excluding hydrogens is 348 g/mol. The third-order valence-electron chi connectivity index (χ3n) is 6.21. The predicted octanol–water partition coefficient (Wildman–Crippen LogP) is 3.05. The molecule has 3 saturated heterocycles. The molecule has 3 fully saturated rings. The molecule has 1 spiro atoms. The molecule has 0 aromatic carbocycles. The number of aromatic nitrogens is 2. The third kappa shape index (κ3) is 3.74. The van der Waals surface area contributed by atoms with Crippen molar-refractivity contribution in [3.8, 4) is 0 Å². The molecule has 0 saturated carbocycles. The van der Waals surface area contributed by atoms with Crippen LogP contribution in [-0.2, 0) is 9.53 Å². The number of hydrogen-bond acceptors (Lipinski definition) is 6. The number of nitrogens with zero attached hydrogens (tertiary/aromatic N) is 4. The van der Waals surface area contributed by atoms with Crippen LogP contribution in [0.3, 0.4) is 0 Å². The highest BCUT2D eigenvalue weighted by Crippen LogP contribution is 2.42. The third-order valence-corrected chi connectivity index (χ3v) is 7.50. The summed E-state index contributed by atoms with van der Waals surface area (Å²) in [7, 11) is 0. The molecule has 0 aliphatic carbocycles. The Balaban J connectivity index is 1.36. The van der Waals surface area contributed by atoms with Crippen molar-refractivity contribution in [2.75, 3.05) is 37.7 Å². The first-order valence-corrected chi connectivity index (χ1v) is 10.8. The molecule has 4 heterocycles. The zero-order chi connectivity index (χ0) is 18.1. The topological polar surface area (TPSA) is 58.6 Å². The van der Waals surface area contributed by atoms with Gasteiger partial charge in [0, 0.05) is 45.1 Å². The molecular formula is C19H30N4O2S. The molecule has 144 valence electrons. The lowest BCUT2D eigenvalue weighted by atomic mass is 9.72. The van der Waals surface area contributed by atoms with Gasteiger partial charge in [-0.2, -0.15) is 0 Å². The Labute approximate surface area is 159 Å². The highest BCUT2D eigenvalue weighted by molar-refractivity contribution is 7.15. The smallest absolute Gasteiger partial charge is 0.222 e. The van der Waals surface area contributed by atoms with Crippen LogP contribution in [0.1, 0.15) is 63.3 Å². The van der Waals surface area contributed by atoms with Gasteiger partial charge >= 0.3 is 0 Å². The second-order valence-electron chi connectivity index (χ2n) is 8.47. The summed E-state index contributed by atoms with van der Waals surface area (Å²) < 4.78 is 5.76. The maximum Gasteiger partial charge on any atom is 0.222 e. The van der Waals surface area contributed by atoms with E-state index >= 15 is 0 Å². The average Bonchev–Trinajstić information content (AvgIpc) is 3.31. The highest BCUT2D eigenvalue weighted by Gasteiger charge is 2.42. The minimum Gasteiger partial charge on any atom is -0.376 e.